The summed E-state index contributed by atoms with van der Waals surface area (Å²) in [6, 6.07) is 0. The van der Waals surface area contributed by atoms with Crippen molar-refractivity contribution < 1.29 is 24.1 Å². The molecule has 0 aromatic rings. The van der Waals surface area contributed by atoms with E-state index < -0.39 is 18.0 Å². The Balaban J connectivity index is 1.79. The van der Waals surface area contributed by atoms with Crippen LogP contribution in [-0.4, -0.2) is 56.9 Å². The number of nitrogens with two attached hydrogens (primary N) is 2. The number of ether oxygens (including phenoxy) is 4. The first-order valence-corrected chi connectivity index (χ1v) is 7.29. The third-order valence-corrected chi connectivity index (χ3v) is 3.76. The molecule has 7 heteroatoms. The summed E-state index contributed by atoms with van der Waals surface area (Å²) >= 11 is 0. The third kappa shape index (κ3) is 3.88. The smallest absolute Gasteiger partial charge is 0.170 e. The van der Waals surface area contributed by atoms with Gasteiger partial charge in [0.1, 0.15) is 0 Å². The quantitative estimate of drug-likeness (QED) is 0.606. The van der Waals surface area contributed by atoms with Crippen LogP contribution in [0, 0.1) is 5.41 Å². The largest absolute Gasteiger partial charge is 0.367 e. The molecule has 0 aromatic heterocycles. The summed E-state index contributed by atoms with van der Waals surface area (Å²) in [5.41, 5.74) is 10.3. The van der Waals surface area contributed by atoms with E-state index in [2.05, 4.69) is 0 Å². The summed E-state index contributed by atoms with van der Waals surface area (Å²) in [5, 5.41) is 10.2. The van der Waals surface area contributed by atoms with Crippen LogP contribution < -0.4 is 11.5 Å². The molecule has 0 saturated carbocycles. The molecule has 0 aromatic carbocycles. The van der Waals surface area contributed by atoms with Crippen LogP contribution in [0.2, 0.25) is 0 Å². The Kier molecular flexibility index (Phi) is 6.16. The van der Waals surface area contributed by atoms with E-state index in [9.17, 15) is 5.11 Å². The average Bonchev–Trinajstić information content (AvgIpc) is 2.48. The molecular formula is C13H26N2O5. The minimum Gasteiger partial charge on any atom is -0.367 e. The molecular weight excluding hydrogens is 264 g/mol. The number of aliphatic hydroxyl groups is 1. The van der Waals surface area contributed by atoms with Crippen LogP contribution in [0.5, 0.6) is 0 Å². The van der Waals surface area contributed by atoms with Crippen LogP contribution in [0.15, 0.2) is 0 Å². The van der Waals surface area contributed by atoms with Gasteiger partial charge < -0.3 is 35.5 Å². The molecule has 2 atom stereocenters. The zero-order chi connectivity index (χ0) is 14.4. The SMILES string of the molecule is NCCCC1OCC2(CO1)COC(CCCN)OC2O. The third-order valence-electron chi connectivity index (χ3n) is 3.76. The Bertz CT molecular complexity index is 276. The van der Waals surface area contributed by atoms with Crippen molar-refractivity contribution in [2.75, 3.05) is 32.9 Å². The fraction of sp³-hybridized carbons (Fsp3) is 1.00. The molecule has 2 unspecified atom stereocenters. The van der Waals surface area contributed by atoms with E-state index in [0.717, 1.165) is 19.3 Å². The molecule has 0 amide bonds. The monoisotopic (exact) mass is 290 g/mol. The summed E-state index contributed by atoms with van der Waals surface area (Å²) < 4.78 is 22.4. The summed E-state index contributed by atoms with van der Waals surface area (Å²) in [4.78, 5) is 0. The van der Waals surface area contributed by atoms with Crippen LogP contribution in [0.4, 0.5) is 0 Å². The van der Waals surface area contributed by atoms with E-state index in [-0.39, 0.29) is 6.29 Å². The maximum atomic E-state index is 10.2. The van der Waals surface area contributed by atoms with Crippen LogP contribution >= 0.6 is 0 Å². The van der Waals surface area contributed by atoms with Gasteiger partial charge in [-0.15, -0.1) is 0 Å². The lowest BCUT2D eigenvalue weighted by Crippen LogP contribution is -2.57. The number of rotatable bonds is 6. The van der Waals surface area contributed by atoms with Crippen molar-refractivity contribution in [3.8, 4) is 0 Å². The molecule has 118 valence electrons. The highest BCUT2D eigenvalue weighted by molar-refractivity contribution is 4.87. The predicted octanol–water partition coefficient (Wildman–Crippen LogP) is -0.485. The van der Waals surface area contributed by atoms with E-state index in [4.69, 9.17) is 30.4 Å². The predicted molar refractivity (Wildman–Crippen MR) is 71.5 cm³/mol. The second kappa shape index (κ2) is 7.65. The van der Waals surface area contributed by atoms with E-state index in [0.29, 0.717) is 39.3 Å². The molecule has 2 aliphatic rings. The van der Waals surface area contributed by atoms with Gasteiger partial charge in [0, 0.05) is 0 Å². The lowest BCUT2D eigenvalue weighted by Gasteiger charge is -2.46. The van der Waals surface area contributed by atoms with Gasteiger partial charge in [0.25, 0.3) is 0 Å². The fourth-order valence-corrected chi connectivity index (χ4v) is 2.38. The van der Waals surface area contributed by atoms with Crippen molar-refractivity contribution >= 4 is 0 Å². The lowest BCUT2D eigenvalue weighted by molar-refractivity contribution is -0.371. The van der Waals surface area contributed by atoms with Gasteiger partial charge in [-0.2, -0.15) is 0 Å². The molecule has 2 fully saturated rings. The number of hydrogen-bond donors (Lipinski definition) is 3. The normalized spacial score (nSPS) is 38.2. The van der Waals surface area contributed by atoms with Crippen LogP contribution in [0.3, 0.4) is 0 Å². The zero-order valence-corrected chi connectivity index (χ0v) is 11.8. The van der Waals surface area contributed by atoms with E-state index >= 15 is 0 Å². The molecule has 2 heterocycles. The van der Waals surface area contributed by atoms with Crippen molar-refractivity contribution in [3.63, 3.8) is 0 Å². The van der Waals surface area contributed by atoms with Crippen molar-refractivity contribution in [1.29, 1.82) is 0 Å². The maximum absolute atomic E-state index is 10.2. The molecule has 0 radical (unpaired) electrons. The van der Waals surface area contributed by atoms with Crippen molar-refractivity contribution in [2.45, 2.75) is 44.6 Å². The van der Waals surface area contributed by atoms with Gasteiger partial charge in [-0.1, -0.05) is 0 Å². The van der Waals surface area contributed by atoms with Gasteiger partial charge in [-0.05, 0) is 38.8 Å². The Morgan fingerprint density at radius 2 is 1.40 bits per heavy atom. The number of hydrogen-bond acceptors (Lipinski definition) is 7. The van der Waals surface area contributed by atoms with Crippen molar-refractivity contribution in [3.05, 3.63) is 0 Å². The van der Waals surface area contributed by atoms with Crippen LogP contribution in [0.1, 0.15) is 25.7 Å². The minimum atomic E-state index is -0.936. The fourth-order valence-electron chi connectivity index (χ4n) is 2.38. The highest BCUT2D eigenvalue weighted by Crippen LogP contribution is 2.35. The molecule has 1 spiro atoms. The van der Waals surface area contributed by atoms with Crippen LogP contribution in [-0.2, 0) is 18.9 Å². The lowest BCUT2D eigenvalue weighted by atomic mass is 9.88. The Hall–Kier alpha value is -0.280. The van der Waals surface area contributed by atoms with E-state index in [1.165, 1.54) is 0 Å². The Labute approximate surface area is 119 Å². The summed E-state index contributed by atoms with van der Waals surface area (Å²) in [6.07, 6.45) is 1.54. The summed E-state index contributed by atoms with van der Waals surface area (Å²) in [5.74, 6) is 0. The van der Waals surface area contributed by atoms with E-state index in [1.54, 1.807) is 0 Å². The summed E-state index contributed by atoms with van der Waals surface area (Å²) in [7, 11) is 0. The highest BCUT2D eigenvalue weighted by atomic mass is 16.8. The molecule has 0 aliphatic carbocycles. The standard InChI is InChI=1S/C13H26N2O5/c14-5-1-3-10-17-7-13(8-18-10)9-19-11(4-2-6-15)20-12(13)16/h10-12,16H,1-9,14-15H2. The first kappa shape index (κ1) is 16.1. The molecule has 2 aliphatic heterocycles. The van der Waals surface area contributed by atoms with E-state index in [1.807, 2.05) is 0 Å². The number of aliphatic hydroxyl groups excluding tert-OH is 1. The maximum Gasteiger partial charge on any atom is 0.170 e. The van der Waals surface area contributed by atoms with Gasteiger partial charge in [0.05, 0.1) is 25.2 Å². The van der Waals surface area contributed by atoms with Gasteiger partial charge >= 0.3 is 0 Å². The average molecular weight is 290 g/mol. The first-order valence-electron chi connectivity index (χ1n) is 7.29. The Morgan fingerprint density at radius 1 is 0.900 bits per heavy atom. The highest BCUT2D eigenvalue weighted by Gasteiger charge is 2.48. The topological polar surface area (TPSA) is 109 Å². The molecule has 2 saturated heterocycles. The second-order valence-electron chi connectivity index (χ2n) is 5.50. The van der Waals surface area contributed by atoms with Crippen molar-refractivity contribution in [2.24, 2.45) is 16.9 Å². The minimum absolute atomic E-state index is 0.244. The van der Waals surface area contributed by atoms with Gasteiger partial charge in [-0.3, -0.25) is 0 Å². The second-order valence-corrected chi connectivity index (χ2v) is 5.50. The molecule has 5 N–H and O–H groups in total. The van der Waals surface area contributed by atoms with Crippen LogP contribution in [0.25, 0.3) is 0 Å². The molecule has 2 rings (SSSR count). The van der Waals surface area contributed by atoms with Gasteiger partial charge in [0.15, 0.2) is 18.9 Å². The molecule has 0 bridgehead atoms. The van der Waals surface area contributed by atoms with Crippen molar-refractivity contribution in [1.82, 2.24) is 0 Å². The molecule has 7 nitrogen and oxygen atoms in total. The Morgan fingerprint density at radius 3 is 1.90 bits per heavy atom. The molecule has 20 heavy (non-hydrogen) atoms. The first-order chi connectivity index (χ1) is 9.70. The zero-order valence-electron chi connectivity index (χ0n) is 11.8. The summed E-state index contributed by atoms with van der Waals surface area (Å²) in [6.45, 7) is 2.30. The van der Waals surface area contributed by atoms with Gasteiger partial charge in [-0.25, -0.2) is 0 Å². The van der Waals surface area contributed by atoms with Gasteiger partial charge in [0.2, 0.25) is 0 Å².